The van der Waals surface area contributed by atoms with E-state index in [9.17, 15) is 4.79 Å². The summed E-state index contributed by atoms with van der Waals surface area (Å²) in [4.78, 5) is 16.8. The van der Waals surface area contributed by atoms with Crippen molar-refractivity contribution in [2.24, 2.45) is 0 Å². The number of anilines is 1. The molecule has 4 rings (SSSR count). The number of aryl methyl sites for hydroxylation is 1. The second kappa shape index (κ2) is 9.73. The molecule has 1 aliphatic rings. The second-order valence-electron chi connectivity index (χ2n) is 7.82. The maximum Gasteiger partial charge on any atom is 0.321 e. The Morgan fingerprint density at radius 1 is 0.935 bits per heavy atom. The van der Waals surface area contributed by atoms with Crippen LogP contribution in [0.4, 0.5) is 10.5 Å². The van der Waals surface area contributed by atoms with Gasteiger partial charge < -0.3 is 10.2 Å². The summed E-state index contributed by atoms with van der Waals surface area (Å²) in [5.41, 5.74) is 5.43. The van der Waals surface area contributed by atoms with Crippen LogP contribution >= 0.6 is 23.2 Å². The third kappa shape index (κ3) is 5.40. The molecule has 3 aromatic carbocycles. The third-order valence-electron chi connectivity index (χ3n) is 5.65. The predicted molar refractivity (Wildman–Crippen MR) is 129 cm³/mol. The fraction of sp³-hybridized carbons (Fsp3) is 0.240. The van der Waals surface area contributed by atoms with Crippen LogP contribution < -0.4 is 5.32 Å². The van der Waals surface area contributed by atoms with Crippen molar-refractivity contribution < 1.29 is 4.79 Å². The molecule has 1 heterocycles. The Bertz CT molecular complexity index is 1060. The first kappa shape index (κ1) is 21.7. The highest BCUT2D eigenvalue weighted by Gasteiger charge is 2.22. The van der Waals surface area contributed by atoms with Gasteiger partial charge in [0, 0.05) is 48.5 Å². The Morgan fingerprint density at radius 3 is 2.35 bits per heavy atom. The van der Waals surface area contributed by atoms with Crippen molar-refractivity contribution in [3.05, 3.63) is 87.9 Å². The van der Waals surface area contributed by atoms with E-state index >= 15 is 0 Å². The zero-order chi connectivity index (χ0) is 21.8. The van der Waals surface area contributed by atoms with Crippen LogP contribution in [0.1, 0.15) is 11.1 Å². The molecule has 0 atom stereocenters. The van der Waals surface area contributed by atoms with Crippen molar-refractivity contribution in [1.82, 2.24) is 9.80 Å². The van der Waals surface area contributed by atoms with Crippen LogP contribution in [0.15, 0.2) is 66.7 Å². The lowest BCUT2D eigenvalue weighted by Crippen LogP contribution is -2.49. The summed E-state index contributed by atoms with van der Waals surface area (Å²) in [6.45, 7) is 5.90. The average Bonchev–Trinajstić information content (AvgIpc) is 2.78. The van der Waals surface area contributed by atoms with Gasteiger partial charge in [-0.05, 0) is 59.5 Å². The number of halogens is 2. The van der Waals surface area contributed by atoms with E-state index in [1.54, 1.807) is 12.1 Å². The molecular formula is C25H25Cl2N3O. The van der Waals surface area contributed by atoms with Gasteiger partial charge in [0.1, 0.15) is 0 Å². The zero-order valence-corrected chi connectivity index (χ0v) is 19.0. The van der Waals surface area contributed by atoms with Gasteiger partial charge in [0.15, 0.2) is 0 Å². The molecule has 1 aliphatic heterocycles. The van der Waals surface area contributed by atoms with Crippen molar-refractivity contribution in [3.8, 4) is 11.1 Å². The number of carbonyl (C=O) groups excluding carboxylic acids is 1. The normalized spacial score (nSPS) is 14.5. The Balaban J connectivity index is 1.37. The monoisotopic (exact) mass is 453 g/mol. The lowest BCUT2D eigenvalue weighted by molar-refractivity contribution is 0.143. The van der Waals surface area contributed by atoms with Crippen molar-refractivity contribution in [2.75, 3.05) is 31.5 Å². The van der Waals surface area contributed by atoms with Gasteiger partial charge in [0.05, 0.1) is 0 Å². The smallest absolute Gasteiger partial charge is 0.321 e. The van der Waals surface area contributed by atoms with Gasteiger partial charge in [-0.3, -0.25) is 4.90 Å². The number of hydrogen-bond donors (Lipinski definition) is 1. The van der Waals surface area contributed by atoms with E-state index in [0.717, 1.165) is 41.5 Å². The molecule has 6 heteroatoms. The summed E-state index contributed by atoms with van der Waals surface area (Å²) in [5.74, 6) is 0. The van der Waals surface area contributed by atoms with Crippen LogP contribution in [-0.4, -0.2) is 42.0 Å². The minimum absolute atomic E-state index is 0.0725. The van der Waals surface area contributed by atoms with Gasteiger partial charge in [0.25, 0.3) is 0 Å². The van der Waals surface area contributed by atoms with Crippen LogP contribution in [0.5, 0.6) is 0 Å². The Hall–Kier alpha value is -2.53. The molecular weight excluding hydrogens is 429 g/mol. The maximum absolute atomic E-state index is 12.6. The van der Waals surface area contributed by atoms with Gasteiger partial charge >= 0.3 is 6.03 Å². The molecule has 1 N–H and O–H groups in total. The summed E-state index contributed by atoms with van der Waals surface area (Å²) >= 11 is 12.3. The fourth-order valence-electron chi connectivity index (χ4n) is 3.79. The number of benzene rings is 3. The highest BCUT2D eigenvalue weighted by atomic mass is 35.5. The number of hydrogen-bond acceptors (Lipinski definition) is 2. The predicted octanol–water partition coefficient (Wildman–Crippen LogP) is 6.32. The maximum atomic E-state index is 12.6. The first-order valence-electron chi connectivity index (χ1n) is 10.4. The van der Waals surface area contributed by atoms with E-state index in [4.69, 9.17) is 23.2 Å². The quantitative estimate of drug-likeness (QED) is 0.501. The van der Waals surface area contributed by atoms with Crippen LogP contribution in [0.2, 0.25) is 10.0 Å². The Labute approximate surface area is 193 Å². The number of piperazine rings is 1. The first-order chi connectivity index (χ1) is 15.0. The van der Waals surface area contributed by atoms with Crippen molar-refractivity contribution >= 4 is 34.9 Å². The van der Waals surface area contributed by atoms with Crippen molar-refractivity contribution in [3.63, 3.8) is 0 Å². The lowest BCUT2D eigenvalue weighted by atomic mass is 9.98. The highest BCUT2D eigenvalue weighted by molar-refractivity contribution is 6.31. The summed E-state index contributed by atoms with van der Waals surface area (Å²) in [6, 6.07) is 21.8. The molecule has 0 aliphatic carbocycles. The van der Waals surface area contributed by atoms with Gasteiger partial charge in [0.2, 0.25) is 0 Å². The topological polar surface area (TPSA) is 35.6 Å². The Morgan fingerprint density at radius 2 is 1.65 bits per heavy atom. The van der Waals surface area contributed by atoms with Crippen LogP contribution in [0, 0.1) is 6.92 Å². The number of rotatable bonds is 4. The van der Waals surface area contributed by atoms with E-state index in [0.29, 0.717) is 18.1 Å². The van der Waals surface area contributed by atoms with Crippen molar-refractivity contribution in [1.29, 1.82) is 0 Å². The minimum atomic E-state index is -0.0725. The van der Waals surface area contributed by atoms with Gasteiger partial charge in [-0.15, -0.1) is 0 Å². The number of nitrogens with zero attached hydrogens (tertiary/aromatic N) is 2. The standard InChI is InChI=1S/C25H25Cl2N3O/c1-18-6-7-19(16-24(18)27)23-5-3-2-4-20(23)17-29-12-14-30(15-13-29)25(31)28-22-10-8-21(26)9-11-22/h2-11,16H,12-15,17H2,1H3,(H,28,31). The zero-order valence-electron chi connectivity index (χ0n) is 17.4. The molecule has 0 bridgehead atoms. The molecule has 2 amide bonds. The largest absolute Gasteiger partial charge is 0.322 e. The third-order valence-corrected chi connectivity index (χ3v) is 6.31. The molecule has 0 unspecified atom stereocenters. The van der Waals surface area contributed by atoms with E-state index in [1.165, 1.54) is 11.1 Å². The summed E-state index contributed by atoms with van der Waals surface area (Å²) in [7, 11) is 0. The van der Waals surface area contributed by atoms with Crippen LogP contribution in [0.3, 0.4) is 0 Å². The average molecular weight is 454 g/mol. The summed E-state index contributed by atoms with van der Waals surface area (Å²) in [5, 5.41) is 4.38. The van der Waals surface area contributed by atoms with Crippen LogP contribution in [0.25, 0.3) is 11.1 Å². The molecule has 0 saturated carbocycles. The SMILES string of the molecule is Cc1ccc(-c2ccccc2CN2CCN(C(=O)Nc3ccc(Cl)cc3)CC2)cc1Cl. The van der Waals surface area contributed by atoms with E-state index < -0.39 is 0 Å². The van der Waals surface area contributed by atoms with Gasteiger partial charge in [-0.1, -0.05) is 59.6 Å². The van der Waals surface area contributed by atoms with E-state index in [1.807, 2.05) is 30.0 Å². The van der Waals surface area contributed by atoms with E-state index in [-0.39, 0.29) is 6.03 Å². The number of amides is 2. The molecule has 0 radical (unpaired) electrons. The molecule has 3 aromatic rings. The lowest BCUT2D eigenvalue weighted by Gasteiger charge is -2.35. The Kier molecular flexibility index (Phi) is 6.81. The molecule has 160 valence electrons. The first-order valence-corrected chi connectivity index (χ1v) is 11.1. The minimum Gasteiger partial charge on any atom is -0.322 e. The van der Waals surface area contributed by atoms with Gasteiger partial charge in [-0.2, -0.15) is 0 Å². The molecule has 0 aromatic heterocycles. The molecule has 1 saturated heterocycles. The molecule has 0 spiro atoms. The fourth-order valence-corrected chi connectivity index (χ4v) is 4.09. The number of carbonyl (C=O) groups is 1. The summed E-state index contributed by atoms with van der Waals surface area (Å²) < 4.78 is 0. The van der Waals surface area contributed by atoms with E-state index in [2.05, 4.69) is 46.6 Å². The van der Waals surface area contributed by atoms with Gasteiger partial charge in [-0.25, -0.2) is 4.79 Å². The molecule has 31 heavy (non-hydrogen) atoms. The molecule has 4 nitrogen and oxygen atoms in total. The number of nitrogens with one attached hydrogen (secondary N) is 1. The van der Waals surface area contributed by atoms with Crippen molar-refractivity contribution in [2.45, 2.75) is 13.5 Å². The highest BCUT2D eigenvalue weighted by Crippen LogP contribution is 2.29. The number of urea groups is 1. The van der Waals surface area contributed by atoms with Crippen LogP contribution in [-0.2, 0) is 6.54 Å². The summed E-state index contributed by atoms with van der Waals surface area (Å²) in [6.07, 6.45) is 0. The molecule has 1 fully saturated rings. The second-order valence-corrected chi connectivity index (χ2v) is 8.66.